The lowest BCUT2D eigenvalue weighted by atomic mass is 10.3. The summed E-state index contributed by atoms with van der Waals surface area (Å²) in [6.07, 6.45) is 1.37. The molecular weight excluding hydrogens is 346 g/mol. The topological polar surface area (TPSA) is 45.7 Å². The molecule has 5 nitrogen and oxygen atoms in total. The number of hydrogen-bond donors (Lipinski definition) is 0. The van der Waals surface area contributed by atoms with Gasteiger partial charge in [0.25, 0.3) is 0 Å². The van der Waals surface area contributed by atoms with Crippen LogP contribution in [-0.4, -0.2) is 55.2 Å². The van der Waals surface area contributed by atoms with E-state index in [0.717, 1.165) is 54.6 Å². The predicted molar refractivity (Wildman–Crippen MR) is 99.2 cm³/mol. The van der Waals surface area contributed by atoms with Crippen LogP contribution < -0.4 is 4.90 Å². The standard InChI is InChI=1S/C17H22ClN3O2S/c1-2-4-15(22)21(8-7-20-9-11-23-12-10-20)17-19-16-13(18)5-3-6-14(16)24-17/h3,5-6H,2,4,7-12H2,1H3. The largest absolute Gasteiger partial charge is 0.379 e. The number of morpholine rings is 1. The lowest BCUT2D eigenvalue weighted by Crippen LogP contribution is -2.43. The van der Waals surface area contributed by atoms with E-state index in [0.29, 0.717) is 18.0 Å². The molecule has 1 aliphatic rings. The number of hydrogen-bond acceptors (Lipinski definition) is 5. The van der Waals surface area contributed by atoms with Gasteiger partial charge >= 0.3 is 0 Å². The summed E-state index contributed by atoms with van der Waals surface area (Å²) in [5.74, 6) is 0.126. The van der Waals surface area contributed by atoms with Crippen LogP contribution in [0.1, 0.15) is 19.8 Å². The van der Waals surface area contributed by atoms with Crippen LogP contribution in [0.25, 0.3) is 10.2 Å². The number of amides is 1. The second kappa shape index (κ2) is 8.25. The maximum Gasteiger partial charge on any atom is 0.228 e. The average Bonchev–Trinajstić information content (AvgIpc) is 3.01. The number of carbonyl (C=O) groups excluding carboxylic acids is 1. The first-order valence-electron chi connectivity index (χ1n) is 8.34. The van der Waals surface area contributed by atoms with E-state index in [1.807, 2.05) is 30.0 Å². The number of anilines is 1. The van der Waals surface area contributed by atoms with Crippen LogP contribution in [0.15, 0.2) is 18.2 Å². The van der Waals surface area contributed by atoms with Crippen molar-refractivity contribution in [2.75, 3.05) is 44.3 Å². The van der Waals surface area contributed by atoms with E-state index >= 15 is 0 Å². The fourth-order valence-electron chi connectivity index (χ4n) is 2.76. The first-order valence-corrected chi connectivity index (χ1v) is 9.54. The van der Waals surface area contributed by atoms with E-state index in [9.17, 15) is 4.79 Å². The summed E-state index contributed by atoms with van der Waals surface area (Å²) in [4.78, 5) is 21.4. The molecular formula is C17H22ClN3O2S. The number of para-hydroxylation sites is 1. The summed E-state index contributed by atoms with van der Waals surface area (Å²) in [5.41, 5.74) is 0.778. The summed E-state index contributed by atoms with van der Waals surface area (Å²) in [7, 11) is 0. The molecule has 1 aromatic heterocycles. The van der Waals surface area contributed by atoms with Gasteiger partial charge in [-0.2, -0.15) is 0 Å². The summed E-state index contributed by atoms with van der Waals surface area (Å²) in [6, 6.07) is 5.74. The molecule has 0 atom stereocenters. The van der Waals surface area contributed by atoms with E-state index in [4.69, 9.17) is 16.3 Å². The molecule has 0 N–H and O–H groups in total. The van der Waals surface area contributed by atoms with Crippen molar-refractivity contribution in [1.82, 2.24) is 9.88 Å². The van der Waals surface area contributed by atoms with Crippen LogP contribution >= 0.6 is 22.9 Å². The van der Waals surface area contributed by atoms with Crippen LogP contribution in [0.2, 0.25) is 5.02 Å². The van der Waals surface area contributed by atoms with Gasteiger partial charge in [0.15, 0.2) is 5.13 Å². The zero-order valence-corrected chi connectivity index (χ0v) is 15.4. The smallest absolute Gasteiger partial charge is 0.228 e. The molecule has 130 valence electrons. The van der Waals surface area contributed by atoms with Crippen molar-refractivity contribution in [2.45, 2.75) is 19.8 Å². The molecule has 3 rings (SSSR count). The highest BCUT2D eigenvalue weighted by Gasteiger charge is 2.21. The second-order valence-electron chi connectivity index (χ2n) is 5.83. The minimum Gasteiger partial charge on any atom is -0.379 e. The molecule has 0 unspecified atom stereocenters. The third-order valence-electron chi connectivity index (χ3n) is 4.10. The maximum absolute atomic E-state index is 12.6. The molecule has 1 aromatic carbocycles. The Bertz CT molecular complexity index is 700. The van der Waals surface area contributed by atoms with E-state index in [1.165, 1.54) is 11.3 Å². The molecule has 0 spiro atoms. The number of benzene rings is 1. The Kier molecular flexibility index (Phi) is 6.05. The fourth-order valence-corrected chi connectivity index (χ4v) is 4.07. The van der Waals surface area contributed by atoms with Crippen LogP contribution in [0.5, 0.6) is 0 Å². The minimum absolute atomic E-state index is 0.126. The highest BCUT2D eigenvalue weighted by Crippen LogP contribution is 2.33. The third-order valence-corrected chi connectivity index (χ3v) is 5.45. The Hall–Kier alpha value is -1.21. The molecule has 1 amide bonds. The van der Waals surface area contributed by atoms with Crippen molar-refractivity contribution in [1.29, 1.82) is 0 Å². The Labute approximate surface area is 151 Å². The van der Waals surface area contributed by atoms with Crippen molar-refractivity contribution in [3.63, 3.8) is 0 Å². The molecule has 0 aliphatic carbocycles. The third kappa shape index (κ3) is 4.06. The number of nitrogens with zero attached hydrogens (tertiary/aromatic N) is 3. The molecule has 24 heavy (non-hydrogen) atoms. The zero-order chi connectivity index (χ0) is 16.9. The molecule has 1 saturated heterocycles. The Morgan fingerprint density at radius 2 is 2.21 bits per heavy atom. The quantitative estimate of drug-likeness (QED) is 0.784. The minimum atomic E-state index is 0.126. The summed E-state index contributed by atoms with van der Waals surface area (Å²) in [6.45, 7) is 6.87. The van der Waals surface area contributed by atoms with Gasteiger partial charge in [0, 0.05) is 32.6 Å². The van der Waals surface area contributed by atoms with Crippen molar-refractivity contribution >= 4 is 44.2 Å². The van der Waals surface area contributed by atoms with Crippen LogP contribution in [0.3, 0.4) is 0 Å². The van der Waals surface area contributed by atoms with Crippen molar-refractivity contribution < 1.29 is 9.53 Å². The number of thiazole rings is 1. The summed E-state index contributed by atoms with van der Waals surface area (Å²) in [5, 5.41) is 1.37. The molecule has 0 radical (unpaired) electrons. The van der Waals surface area contributed by atoms with Gasteiger partial charge in [-0.15, -0.1) is 0 Å². The molecule has 1 aliphatic heterocycles. The summed E-state index contributed by atoms with van der Waals surface area (Å²) < 4.78 is 6.40. The Morgan fingerprint density at radius 1 is 1.42 bits per heavy atom. The van der Waals surface area contributed by atoms with Crippen LogP contribution in [0.4, 0.5) is 5.13 Å². The van der Waals surface area contributed by atoms with E-state index in [2.05, 4.69) is 9.88 Å². The number of fused-ring (bicyclic) bond motifs is 1. The lowest BCUT2D eigenvalue weighted by molar-refractivity contribution is -0.118. The van der Waals surface area contributed by atoms with Crippen molar-refractivity contribution in [3.8, 4) is 0 Å². The number of halogens is 1. The zero-order valence-electron chi connectivity index (χ0n) is 13.8. The maximum atomic E-state index is 12.6. The van der Waals surface area contributed by atoms with Crippen molar-refractivity contribution in [2.24, 2.45) is 0 Å². The van der Waals surface area contributed by atoms with E-state index in [1.54, 1.807) is 0 Å². The number of rotatable bonds is 6. The molecule has 0 bridgehead atoms. The van der Waals surface area contributed by atoms with Crippen LogP contribution in [-0.2, 0) is 9.53 Å². The van der Waals surface area contributed by atoms with Gasteiger partial charge in [0.05, 0.1) is 22.9 Å². The molecule has 2 aromatic rings. The van der Waals surface area contributed by atoms with Crippen molar-refractivity contribution in [3.05, 3.63) is 23.2 Å². The fraction of sp³-hybridized carbons (Fsp3) is 0.529. The predicted octanol–water partition coefficient (Wildman–Crippen LogP) is 3.42. The van der Waals surface area contributed by atoms with Gasteiger partial charge in [-0.1, -0.05) is 35.9 Å². The average molecular weight is 368 g/mol. The van der Waals surface area contributed by atoms with Gasteiger partial charge in [-0.3, -0.25) is 14.6 Å². The Balaban J connectivity index is 1.79. The summed E-state index contributed by atoms with van der Waals surface area (Å²) >= 11 is 7.76. The molecule has 0 saturated carbocycles. The van der Waals surface area contributed by atoms with Gasteiger partial charge in [0.1, 0.15) is 5.52 Å². The van der Waals surface area contributed by atoms with Gasteiger partial charge in [0.2, 0.25) is 5.91 Å². The van der Waals surface area contributed by atoms with E-state index < -0.39 is 0 Å². The monoisotopic (exact) mass is 367 g/mol. The molecule has 1 fully saturated rings. The first-order chi connectivity index (χ1) is 11.7. The van der Waals surface area contributed by atoms with Gasteiger partial charge in [-0.05, 0) is 18.6 Å². The SMILES string of the molecule is CCCC(=O)N(CCN1CCOCC1)c1nc2c(Cl)cccc2s1. The molecule has 2 heterocycles. The first kappa shape index (κ1) is 17.6. The lowest BCUT2D eigenvalue weighted by Gasteiger charge is -2.29. The number of aromatic nitrogens is 1. The van der Waals surface area contributed by atoms with Gasteiger partial charge in [-0.25, -0.2) is 4.98 Å². The second-order valence-corrected chi connectivity index (χ2v) is 7.25. The number of carbonyl (C=O) groups is 1. The van der Waals surface area contributed by atoms with Crippen LogP contribution in [0, 0.1) is 0 Å². The highest BCUT2D eigenvalue weighted by atomic mass is 35.5. The van der Waals surface area contributed by atoms with E-state index in [-0.39, 0.29) is 5.91 Å². The number of ether oxygens (including phenoxy) is 1. The Morgan fingerprint density at radius 3 is 2.92 bits per heavy atom. The molecule has 7 heteroatoms. The van der Waals surface area contributed by atoms with Gasteiger partial charge < -0.3 is 4.74 Å². The normalized spacial score (nSPS) is 15.8. The highest BCUT2D eigenvalue weighted by molar-refractivity contribution is 7.22.